The monoisotopic (exact) mass is 295 g/mol. The first-order valence-corrected chi connectivity index (χ1v) is 7.16. The number of aromatic amines is 1. The highest BCUT2D eigenvalue weighted by atomic mass is 32.2. The Labute approximate surface area is 120 Å². The second-order valence-corrected chi connectivity index (χ2v) is 5.67. The molecule has 0 aliphatic heterocycles. The molecule has 1 aromatic heterocycles. The van der Waals surface area contributed by atoms with E-state index in [9.17, 15) is 15.0 Å². The summed E-state index contributed by atoms with van der Waals surface area (Å²) >= 11 is 0.994. The lowest BCUT2D eigenvalue weighted by Gasteiger charge is -2.16. The second kappa shape index (κ2) is 6.30. The molecule has 0 saturated heterocycles. The van der Waals surface area contributed by atoms with Crippen LogP contribution in [0.3, 0.4) is 0 Å². The molecule has 0 amide bonds. The van der Waals surface area contributed by atoms with E-state index < -0.39 is 12.2 Å². The Morgan fingerprint density at radius 2 is 2.20 bits per heavy atom. The molecular formula is C14H17NO4S. The van der Waals surface area contributed by atoms with Crippen LogP contribution in [0.4, 0.5) is 0 Å². The van der Waals surface area contributed by atoms with E-state index in [0.29, 0.717) is 11.3 Å². The molecule has 0 aliphatic carbocycles. The summed E-state index contributed by atoms with van der Waals surface area (Å²) in [6.07, 6.45) is -0.395. The molecule has 0 fully saturated rings. The smallest absolute Gasteiger partial charge is 0.185 e. The fraction of sp³-hybridized carbons (Fsp3) is 0.357. The third-order valence-electron chi connectivity index (χ3n) is 3.06. The molecule has 2 rings (SSSR count). The van der Waals surface area contributed by atoms with Crippen LogP contribution in [0, 0.1) is 0 Å². The maximum atomic E-state index is 10.9. The molecule has 108 valence electrons. The summed E-state index contributed by atoms with van der Waals surface area (Å²) in [7, 11) is 1.57. The Morgan fingerprint density at radius 1 is 1.45 bits per heavy atom. The van der Waals surface area contributed by atoms with Crippen LogP contribution < -0.4 is 4.74 Å². The first kappa shape index (κ1) is 14.9. The van der Waals surface area contributed by atoms with Crippen LogP contribution in [0.1, 0.15) is 18.6 Å². The lowest BCUT2D eigenvalue weighted by atomic mass is 10.0. The van der Waals surface area contributed by atoms with Crippen molar-refractivity contribution in [2.45, 2.75) is 19.1 Å². The minimum absolute atomic E-state index is 0.0863. The summed E-state index contributed by atoms with van der Waals surface area (Å²) in [5.41, 5.74) is 1.45. The van der Waals surface area contributed by atoms with Crippen molar-refractivity contribution in [3.8, 4) is 5.75 Å². The Hall–Kier alpha value is -1.50. The Bertz CT molecular complexity index is 610. The lowest BCUT2D eigenvalue weighted by molar-refractivity contribution is -0.109. The number of nitrogens with one attached hydrogen (secondary N) is 1. The quantitative estimate of drug-likeness (QED) is 0.784. The number of H-pyrrole nitrogens is 1. The molecule has 2 unspecified atom stereocenters. The number of aromatic nitrogens is 1. The maximum absolute atomic E-state index is 10.9. The van der Waals surface area contributed by atoms with Crippen molar-refractivity contribution in [1.29, 1.82) is 0 Å². The standard InChI is InChI=1S/C14H17NO4S/c1-8(16)20-7-13(17)14(18)11-6-15-12-4-3-9(19-2)5-10(11)12/h3-6,13-15,17-18H,7H2,1-2H3. The van der Waals surface area contributed by atoms with E-state index in [2.05, 4.69) is 4.98 Å². The normalized spacial score (nSPS) is 14.2. The SMILES string of the molecule is COc1ccc2[nH]cc(C(O)C(O)CSC(C)=O)c2c1. The third-order valence-corrected chi connectivity index (χ3v) is 3.98. The molecular weight excluding hydrogens is 278 g/mol. The van der Waals surface area contributed by atoms with E-state index in [0.717, 1.165) is 22.7 Å². The second-order valence-electron chi connectivity index (χ2n) is 4.47. The van der Waals surface area contributed by atoms with Crippen LogP contribution in [-0.4, -0.2) is 39.3 Å². The zero-order valence-electron chi connectivity index (χ0n) is 11.3. The average molecular weight is 295 g/mol. The van der Waals surface area contributed by atoms with Gasteiger partial charge >= 0.3 is 0 Å². The van der Waals surface area contributed by atoms with Crippen LogP contribution in [0.15, 0.2) is 24.4 Å². The topological polar surface area (TPSA) is 82.6 Å². The maximum Gasteiger partial charge on any atom is 0.185 e. The number of thioether (sulfide) groups is 1. The number of aliphatic hydroxyl groups excluding tert-OH is 2. The van der Waals surface area contributed by atoms with Crippen LogP contribution in [0.25, 0.3) is 10.9 Å². The molecule has 5 nitrogen and oxygen atoms in total. The first-order valence-electron chi connectivity index (χ1n) is 6.17. The number of rotatable bonds is 5. The van der Waals surface area contributed by atoms with Crippen LogP contribution >= 0.6 is 11.8 Å². The molecule has 0 radical (unpaired) electrons. The van der Waals surface area contributed by atoms with Gasteiger partial charge in [0.1, 0.15) is 11.9 Å². The van der Waals surface area contributed by atoms with E-state index in [-0.39, 0.29) is 10.9 Å². The Balaban J connectivity index is 2.24. The molecule has 20 heavy (non-hydrogen) atoms. The van der Waals surface area contributed by atoms with Gasteiger partial charge in [0.15, 0.2) is 5.12 Å². The first-order chi connectivity index (χ1) is 9.52. The van der Waals surface area contributed by atoms with E-state index >= 15 is 0 Å². The molecule has 0 bridgehead atoms. The highest BCUT2D eigenvalue weighted by Crippen LogP contribution is 2.30. The average Bonchev–Trinajstić information content (AvgIpc) is 2.86. The Morgan fingerprint density at radius 3 is 2.85 bits per heavy atom. The number of hydrogen-bond donors (Lipinski definition) is 3. The minimum atomic E-state index is -1.05. The van der Waals surface area contributed by atoms with Crippen LogP contribution in [0.2, 0.25) is 0 Å². The van der Waals surface area contributed by atoms with Gasteiger partial charge in [0.2, 0.25) is 0 Å². The van der Waals surface area contributed by atoms with Gasteiger partial charge in [-0.3, -0.25) is 4.79 Å². The zero-order chi connectivity index (χ0) is 14.7. The molecule has 1 aromatic carbocycles. The van der Waals surface area contributed by atoms with Crippen molar-refractivity contribution >= 4 is 27.8 Å². The van der Waals surface area contributed by atoms with Gasteiger partial charge in [0.25, 0.3) is 0 Å². The summed E-state index contributed by atoms with van der Waals surface area (Å²) in [5, 5.41) is 20.9. The van der Waals surface area contributed by atoms with Gasteiger partial charge in [-0.1, -0.05) is 11.8 Å². The fourth-order valence-electron chi connectivity index (χ4n) is 1.99. The number of carbonyl (C=O) groups excluding carboxylic acids is 1. The number of benzene rings is 1. The minimum Gasteiger partial charge on any atom is -0.497 e. The summed E-state index contributed by atoms with van der Waals surface area (Å²) in [6, 6.07) is 5.47. The summed E-state index contributed by atoms with van der Waals surface area (Å²) in [5.74, 6) is 0.839. The number of aliphatic hydroxyl groups is 2. The van der Waals surface area contributed by atoms with Gasteiger partial charge in [0, 0.05) is 35.3 Å². The number of methoxy groups -OCH3 is 1. The number of hydrogen-bond acceptors (Lipinski definition) is 5. The molecule has 2 aromatic rings. The highest BCUT2D eigenvalue weighted by molar-refractivity contribution is 8.13. The van der Waals surface area contributed by atoms with E-state index in [1.54, 1.807) is 19.4 Å². The van der Waals surface area contributed by atoms with E-state index in [1.807, 2.05) is 12.1 Å². The fourth-order valence-corrected chi connectivity index (χ4v) is 2.58. The van der Waals surface area contributed by atoms with Gasteiger partial charge in [-0.05, 0) is 18.2 Å². The molecule has 1 heterocycles. The summed E-state index contributed by atoms with van der Waals surface area (Å²) in [4.78, 5) is 13.9. The van der Waals surface area contributed by atoms with Crippen molar-refractivity contribution < 1.29 is 19.7 Å². The lowest BCUT2D eigenvalue weighted by Crippen LogP contribution is -2.21. The van der Waals surface area contributed by atoms with Crippen LogP contribution in [0.5, 0.6) is 5.75 Å². The molecule has 6 heteroatoms. The predicted molar refractivity (Wildman–Crippen MR) is 79.0 cm³/mol. The van der Waals surface area contributed by atoms with Gasteiger partial charge in [-0.15, -0.1) is 0 Å². The van der Waals surface area contributed by atoms with Crippen molar-refractivity contribution in [2.75, 3.05) is 12.9 Å². The molecule has 0 aliphatic rings. The third kappa shape index (κ3) is 3.15. The predicted octanol–water partition coefficient (Wildman–Crippen LogP) is 1.85. The number of ether oxygens (including phenoxy) is 1. The van der Waals surface area contributed by atoms with Gasteiger partial charge in [-0.2, -0.15) is 0 Å². The summed E-state index contributed by atoms with van der Waals surface area (Å²) in [6.45, 7) is 1.43. The van der Waals surface area contributed by atoms with E-state index in [1.165, 1.54) is 6.92 Å². The molecule has 2 atom stereocenters. The zero-order valence-corrected chi connectivity index (χ0v) is 12.1. The highest BCUT2D eigenvalue weighted by Gasteiger charge is 2.22. The summed E-state index contributed by atoms with van der Waals surface area (Å²) < 4.78 is 5.16. The number of carbonyl (C=O) groups is 1. The van der Waals surface area contributed by atoms with Crippen molar-refractivity contribution in [1.82, 2.24) is 4.98 Å². The molecule has 0 saturated carbocycles. The molecule has 3 N–H and O–H groups in total. The molecule has 0 spiro atoms. The van der Waals surface area contributed by atoms with E-state index in [4.69, 9.17) is 4.74 Å². The van der Waals surface area contributed by atoms with Gasteiger partial charge < -0.3 is 19.9 Å². The van der Waals surface area contributed by atoms with Gasteiger partial charge in [-0.25, -0.2) is 0 Å². The largest absolute Gasteiger partial charge is 0.497 e. The van der Waals surface area contributed by atoms with Crippen molar-refractivity contribution in [2.24, 2.45) is 0 Å². The van der Waals surface area contributed by atoms with Gasteiger partial charge in [0.05, 0.1) is 13.2 Å². The van der Waals surface area contributed by atoms with Crippen LogP contribution in [-0.2, 0) is 4.79 Å². The van der Waals surface area contributed by atoms with Crippen molar-refractivity contribution in [3.05, 3.63) is 30.0 Å². The Kier molecular flexibility index (Phi) is 4.69. The van der Waals surface area contributed by atoms with Crippen molar-refractivity contribution in [3.63, 3.8) is 0 Å². The number of fused-ring (bicyclic) bond motifs is 1.